The van der Waals surface area contributed by atoms with Gasteiger partial charge >= 0.3 is 0 Å². The Hall–Kier alpha value is -0.980. The molecule has 5 nitrogen and oxygen atoms in total. The molecule has 0 heterocycles. The summed E-state index contributed by atoms with van der Waals surface area (Å²) in [5.74, 6) is 1.09. The summed E-state index contributed by atoms with van der Waals surface area (Å²) in [6.07, 6.45) is 1.06. The van der Waals surface area contributed by atoms with Crippen molar-refractivity contribution in [3.8, 4) is 11.5 Å². The second-order valence-electron chi connectivity index (χ2n) is 3.63. The van der Waals surface area contributed by atoms with Crippen molar-refractivity contribution in [2.24, 2.45) is 5.73 Å². The monoisotopic (exact) mass is 352 g/mol. The third-order valence-electron chi connectivity index (χ3n) is 2.36. The summed E-state index contributed by atoms with van der Waals surface area (Å²) >= 11 is 3.37. The summed E-state index contributed by atoms with van der Waals surface area (Å²) in [5, 5.41) is 2.79. The second kappa shape index (κ2) is 9.01. The number of hydrogen-bond donors (Lipinski definition) is 2. The molecular weight excluding hydrogens is 336 g/mol. The van der Waals surface area contributed by atoms with Crippen LogP contribution < -0.4 is 20.5 Å². The Morgan fingerprint density at radius 2 is 1.89 bits per heavy atom. The van der Waals surface area contributed by atoms with Crippen LogP contribution in [-0.2, 0) is 4.79 Å². The van der Waals surface area contributed by atoms with Gasteiger partial charge in [-0.2, -0.15) is 0 Å². The minimum Gasteiger partial charge on any atom is -0.493 e. The quantitative estimate of drug-likeness (QED) is 0.824. The van der Waals surface area contributed by atoms with E-state index in [9.17, 15) is 4.79 Å². The van der Waals surface area contributed by atoms with Crippen LogP contribution in [0.3, 0.4) is 0 Å². The first-order valence-corrected chi connectivity index (χ1v) is 6.33. The van der Waals surface area contributed by atoms with Crippen LogP contribution in [0.25, 0.3) is 0 Å². The van der Waals surface area contributed by atoms with Crippen LogP contribution in [0.15, 0.2) is 16.6 Å². The van der Waals surface area contributed by atoms with Crippen LogP contribution in [0.5, 0.6) is 11.5 Å². The van der Waals surface area contributed by atoms with Crippen LogP contribution in [-0.4, -0.2) is 26.7 Å². The molecule has 19 heavy (non-hydrogen) atoms. The van der Waals surface area contributed by atoms with E-state index in [2.05, 4.69) is 21.2 Å². The maximum atomic E-state index is 11.6. The van der Waals surface area contributed by atoms with Gasteiger partial charge in [-0.15, -0.1) is 12.4 Å². The number of methoxy groups -OCH3 is 2. The average molecular weight is 354 g/mol. The van der Waals surface area contributed by atoms with Crippen molar-refractivity contribution in [1.29, 1.82) is 0 Å². The van der Waals surface area contributed by atoms with Crippen molar-refractivity contribution in [1.82, 2.24) is 0 Å². The highest BCUT2D eigenvalue weighted by molar-refractivity contribution is 9.10. The van der Waals surface area contributed by atoms with Crippen LogP contribution >= 0.6 is 28.3 Å². The number of rotatable bonds is 6. The van der Waals surface area contributed by atoms with Crippen molar-refractivity contribution < 1.29 is 14.3 Å². The topological polar surface area (TPSA) is 73.6 Å². The summed E-state index contributed by atoms with van der Waals surface area (Å²) in [4.78, 5) is 11.6. The molecule has 0 atom stereocenters. The van der Waals surface area contributed by atoms with Gasteiger partial charge in [0.05, 0.1) is 19.9 Å². The molecule has 0 aliphatic rings. The van der Waals surface area contributed by atoms with E-state index < -0.39 is 0 Å². The maximum absolute atomic E-state index is 11.6. The summed E-state index contributed by atoms with van der Waals surface area (Å²) in [5.41, 5.74) is 6.01. The van der Waals surface area contributed by atoms with E-state index in [1.54, 1.807) is 26.4 Å². The zero-order valence-corrected chi connectivity index (χ0v) is 13.3. The standard InChI is InChI=1S/C12H17BrN2O3.ClH/c1-17-10-6-8(13)9(7-11(10)18-2)15-12(16)4-3-5-14;/h6-7H,3-5,14H2,1-2H3,(H,15,16);1H. The lowest BCUT2D eigenvalue weighted by Gasteiger charge is -2.12. The summed E-state index contributed by atoms with van der Waals surface area (Å²) in [6, 6.07) is 3.46. The second-order valence-corrected chi connectivity index (χ2v) is 4.48. The average Bonchev–Trinajstić information content (AvgIpc) is 2.38. The van der Waals surface area contributed by atoms with Gasteiger partial charge in [0.1, 0.15) is 0 Å². The largest absolute Gasteiger partial charge is 0.493 e. The number of carbonyl (C=O) groups is 1. The first kappa shape index (κ1) is 18.0. The predicted molar refractivity (Wildman–Crippen MR) is 81.4 cm³/mol. The minimum atomic E-state index is -0.0756. The van der Waals surface area contributed by atoms with Gasteiger partial charge in [-0.25, -0.2) is 0 Å². The zero-order chi connectivity index (χ0) is 13.5. The molecule has 108 valence electrons. The molecule has 0 bridgehead atoms. The molecule has 0 radical (unpaired) electrons. The number of benzene rings is 1. The van der Waals surface area contributed by atoms with Gasteiger partial charge in [0.2, 0.25) is 5.91 Å². The van der Waals surface area contributed by atoms with Gasteiger partial charge in [0.25, 0.3) is 0 Å². The molecule has 0 unspecified atom stereocenters. The molecular formula is C12H18BrClN2O3. The smallest absolute Gasteiger partial charge is 0.224 e. The van der Waals surface area contributed by atoms with E-state index in [1.807, 2.05) is 0 Å². The third-order valence-corrected chi connectivity index (χ3v) is 3.01. The van der Waals surface area contributed by atoms with Gasteiger partial charge in [0, 0.05) is 23.0 Å². The first-order chi connectivity index (χ1) is 8.62. The molecule has 0 spiro atoms. The normalized spacial score (nSPS) is 9.47. The Balaban J connectivity index is 0.00000324. The van der Waals surface area contributed by atoms with Crippen LogP contribution in [0.2, 0.25) is 0 Å². The molecule has 0 fully saturated rings. The lowest BCUT2D eigenvalue weighted by atomic mass is 10.2. The number of halogens is 2. The van der Waals surface area contributed by atoms with E-state index in [0.717, 1.165) is 4.47 Å². The zero-order valence-electron chi connectivity index (χ0n) is 10.9. The summed E-state index contributed by atoms with van der Waals surface area (Å²) in [7, 11) is 3.11. The van der Waals surface area contributed by atoms with E-state index in [4.69, 9.17) is 15.2 Å². The lowest BCUT2D eigenvalue weighted by Crippen LogP contribution is -2.13. The summed E-state index contributed by atoms with van der Waals surface area (Å²) in [6.45, 7) is 0.501. The number of anilines is 1. The van der Waals surface area contributed by atoms with Crippen LogP contribution in [0, 0.1) is 0 Å². The Morgan fingerprint density at radius 1 is 1.32 bits per heavy atom. The Labute approximate surface area is 127 Å². The van der Waals surface area contributed by atoms with Gasteiger partial charge in [-0.1, -0.05) is 0 Å². The fourth-order valence-electron chi connectivity index (χ4n) is 1.43. The van der Waals surface area contributed by atoms with Gasteiger partial charge in [-0.05, 0) is 28.9 Å². The first-order valence-electron chi connectivity index (χ1n) is 5.53. The molecule has 0 aromatic heterocycles. The SMILES string of the molecule is COc1cc(Br)c(NC(=O)CCCN)cc1OC.Cl. The maximum Gasteiger partial charge on any atom is 0.224 e. The molecule has 1 aromatic carbocycles. The Morgan fingerprint density at radius 3 is 2.42 bits per heavy atom. The number of carbonyl (C=O) groups excluding carboxylic acids is 1. The number of hydrogen-bond acceptors (Lipinski definition) is 4. The molecule has 3 N–H and O–H groups in total. The number of nitrogens with one attached hydrogen (secondary N) is 1. The molecule has 7 heteroatoms. The van der Waals surface area contributed by atoms with E-state index in [1.165, 1.54) is 0 Å². The van der Waals surface area contributed by atoms with Crippen LogP contribution in [0.1, 0.15) is 12.8 Å². The van der Waals surface area contributed by atoms with Gasteiger partial charge in [-0.3, -0.25) is 4.79 Å². The fraction of sp³-hybridized carbons (Fsp3) is 0.417. The van der Waals surface area contributed by atoms with Crippen molar-refractivity contribution in [2.45, 2.75) is 12.8 Å². The van der Waals surface area contributed by atoms with Crippen molar-refractivity contribution in [3.63, 3.8) is 0 Å². The van der Waals surface area contributed by atoms with Crippen molar-refractivity contribution in [2.75, 3.05) is 26.1 Å². The Kier molecular flexibility index (Phi) is 8.54. The van der Waals surface area contributed by atoms with Crippen molar-refractivity contribution >= 4 is 39.9 Å². The molecule has 0 aliphatic carbocycles. The van der Waals surface area contributed by atoms with Gasteiger partial charge in [0.15, 0.2) is 11.5 Å². The highest BCUT2D eigenvalue weighted by Crippen LogP contribution is 2.36. The molecule has 0 aliphatic heterocycles. The molecule has 1 aromatic rings. The number of amides is 1. The number of nitrogens with two attached hydrogens (primary N) is 1. The molecule has 0 saturated heterocycles. The fourth-order valence-corrected chi connectivity index (χ4v) is 1.85. The Bertz CT molecular complexity index is 430. The molecule has 1 rings (SSSR count). The highest BCUT2D eigenvalue weighted by Gasteiger charge is 2.11. The lowest BCUT2D eigenvalue weighted by molar-refractivity contribution is -0.116. The van der Waals surface area contributed by atoms with E-state index in [0.29, 0.717) is 36.6 Å². The summed E-state index contributed by atoms with van der Waals surface area (Å²) < 4.78 is 11.1. The van der Waals surface area contributed by atoms with Crippen molar-refractivity contribution in [3.05, 3.63) is 16.6 Å². The number of ether oxygens (including phenoxy) is 2. The van der Waals surface area contributed by atoms with E-state index >= 15 is 0 Å². The van der Waals surface area contributed by atoms with E-state index in [-0.39, 0.29) is 18.3 Å². The van der Waals surface area contributed by atoms with Crippen LogP contribution in [0.4, 0.5) is 5.69 Å². The third kappa shape index (κ3) is 5.26. The highest BCUT2D eigenvalue weighted by atomic mass is 79.9. The minimum absolute atomic E-state index is 0. The van der Waals surface area contributed by atoms with Gasteiger partial charge < -0.3 is 20.5 Å². The molecule has 1 amide bonds. The predicted octanol–water partition coefficient (Wildman–Crippen LogP) is 2.57. The molecule has 0 saturated carbocycles.